The van der Waals surface area contributed by atoms with Crippen LogP contribution in [0.4, 0.5) is 4.79 Å². The Labute approximate surface area is 96.1 Å². The Morgan fingerprint density at radius 1 is 1.27 bits per heavy atom. The second-order valence-electron chi connectivity index (χ2n) is 4.49. The van der Waals surface area contributed by atoms with Crippen LogP contribution in [0.15, 0.2) is 0 Å². The maximum absolute atomic E-state index is 11.0. The summed E-state index contributed by atoms with van der Waals surface area (Å²) in [5, 5.41) is 2.68. The van der Waals surface area contributed by atoms with Crippen LogP contribution in [0, 0.1) is 0 Å². The van der Waals surface area contributed by atoms with Gasteiger partial charge in [0.15, 0.2) is 0 Å². The molecule has 0 fully saturated rings. The van der Waals surface area contributed by atoms with Gasteiger partial charge in [0.25, 0.3) is 0 Å². The molecule has 94 valence electrons. The molecule has 3 nitrogen and oxygen atoms in total. The van der Waals surface area contributed by atoms with Crippen LogP contribution in [0.5, 0.6) is 0 Å². The number of carbonyl (C=O) groups excluding carboxylic acids is 1. The monoisotopic (exact) mass is 219 g/mol. The Hall–Kier alpha value is -0.730. The van der Waals surface area contributed by atoms with Crippen molar-refractivity contribution < 1.29 is 11.0 Å². The lowest BCUT2D eigenvalue weighted by Crippen LogP contribution is -2.32. The third-order valence-corrected chi connectivity index (χ3v) is 1.20. The van der Waals surface area contributed by atoms with E-state index in [0.29, 0.717) is 6.54 Å². The van der Waals surface area contributed by atoms with E-state index >= 15 is 0 Å². The summed E-state index contributed by atoms with van der Waals surface area (Å²) >= 11 is 0. The number of carbonyl (C=O) groups is 1. The lowest BCUT2D eigenvalue weighted by molar-refractivity contribution is 0.0527. The van der Waals surface area contributed by atoms with Crippen molar-refractivity contribution in [3.63, 3.8) is 0 Å². The largest absolute Gasteiger partial charge is 0.444 e. The van der Waals surface area contributed by atoms with Crippen molar-refractivity contribution in [2.45, 2.75) is 66.4 Å². The van der Waals surface area contributed by atoms with Crippen molar-refractivity contribution >= 4 is 6.09 Å². The van der Waals surface area contributed by atoms with Gasteiger partial charge in [0.2, 0.25) is 0 Å². The number of nitrogens with one attached hydrogen (secondary N) is 1. The highest BCUT2D eigenvalue weighted by molar-refractivity contribution is 5.67. The molecule has 0 bridgehead atoms. The Morgan fingerprint density at radius 2 is 1.73 bits per heavy atom. The molecule has 15 heavy (non-hydrogen) atoms. The van der Waals surface area contributed by atoms with E-state index in [2.05, 4.69) is 26.1 Å². The summed E-state index contributed by atoms with van der Waals surface area (Å²) in [4.78, 5) is 11.0. The molecule has 0 radical (unpaired) electrons. The van der Waals surface area contributed by atoms with Gasteiger partial charge in [-0.05, 0) is 27.2 Å². The number of ether oxygens (including phenoxy) is 1. The average molecular weight is 219 g/mol. The molecule has 0 saturated carbocycles. The summed E-state index contributed by atoms with van der Waals surface area (Å²) in [6, 6.07) is 0. The van der Waals surface area contributed by atoms with Gasteiger partial charge in [-0.1, -0.05) is 33.6 Å². The molecule has 0 spiro atoms. The minimum atomic E-state index is -0.393. The molecule has 0 aromatic heterocycles. The fourth-order valence-corrected chi connectivity index (χ4v) is 0.681. The predicted octanol–water partition coefficient (Wildman–Crippen LogP) is 3.97. The van der Waals surface area contributed by atoms with Gasteiger partial charge in [-0.2, -0.15) is 0 Å². The third kappa shape index (κ3) is 19.6. The zero-order chi connectivity index (χ0) is 12.3. The van der Waals surface area contributed by atoms with Gasteiger partial charge in [0, 0.05) is 7.97 Å². The second kappa shape index (κ2) is 9.81. The van der Waals surface area contributed by atoms with Gasteiger partial charge in [-0.15, -0.1) is 0 Å². The molecular formula is C12H29NO2. The fraction of sp³-hybridized carbons (Fsp3) is 0.917. The van der Waals surface area contributed by atoms with E-state index in [9.17, 15) is 4.79 Å². The molecule has 0 rings (SSSR count). The first-order valence-electron chi connectivity index (χ1n) is 5.84. The van der Waals surface area contributed by atoms with Gasteiger partial charge in [0.05, 0.1) is 0 Å². The minimum Gasteiger partial charge on any atom is -0.444 e. The summed E-state index contributed by atoms with van der Waals surface area (Å²) in [5.74, 6) is 0. The highest BCUT2D eigenvalue weighted by Gasteiger charge is 2.14. The molecule has 0 aliphatic carbocycles. The smallest absolute Gasteiger partial charge is 0.407 e. The first kappa shape index (κ1) is 16.7. The molecule has 1 amide bonds. The van der Waals surface area contributed by atoms with E-state index in [4.69, 9.17) is 4.74 Å². The van der Waals surface area contributed by atoms with E-state index in [0.717, 1.165) is 12.8 Å². The van der Waals surface area contributed by atoms with Gasteiger partial charge < -0.3 is 10.1 Å². The van der Waals surface area contributed by atoms with E-state index in [1.807, 2.05) is 20.8 Å². The Bertz CT molecular complexity index is 156. The van der Waals surface area contributed by atoms with Gasteiger partial charge in [0.1, 0.15) is 5.60 Å². The van der Waals surface area contributed by atoms with Gasteiger partial charge in [-0.3, -0.25) is 0 Å². The van der Waals surface area contributed by atoms with Gasteiger partial charge in [-0.25, -0.2) is 4.79 Å². The summed E-state index contributed by atoms with van der Waals surface area (Å²) in [6.45, 7) is 12.6. The molecule has 0 unspecified atom stereocenters. The molecule has 0 atom stereocenters. The maximum Gasteiger partial charge on any atom is 0.407 e. The standard InChI is InChI=1S/C9H19NO2.C3H8.H2/c1-5-6-7-10-8(11)12-9(2,3)4;1-3-2;/h5-7H2,1-4H3,(H,10,11);3H2,1-2H3;1H. The van der Waals surface area contributed by atoms with Crippen molar-refractivity contribution in [1.29, 1.82) is 0 Å². The normalized spacial score (nSPS) is 10.0. The third-order valence-electron chi connectivity index (χ3n) is 1.20. The number of amides is 1. The van der Waals surface area contributed by atoms with Crippen LogP contribution in [0.1, 0.15) is 62.2 Å². The molecule has 0 heterocycles. The van der Waals surface area contributed by atoms with E-state index in [1.54, 1.807) is 0 Å². The van der Waals surface area contributed by atoms with Crippen molar-refractivity contribution in [2.24, 2.45) is 0 Å². The summed E-state index contributed by atoms with van der Waals surface area (Å²) in [6.07, 6.45) is 3.01. The van der Waals surface area contributed by atoms with E-state index in [-0.39, 0.29) is 7.52 Å². The zero-order valence-corrected chi connectivity index (χ0v) is 11.1. The Balaban J connectivity index is -0.000000377. The van der Waals surface area contributed by atoms with Crippen LogP contribution in [0.3, 0.4) is 0 Å². The highest BCUT2D eigenvalue weighted by atomic mass is 16.6. The molecule has 0 aromatic carbocycles. The molecule has 3 heteroatoms. The number of alkyl carbamates (subject to hydrolysis) is 1. The topological polar surface area (TPSA) is 38.3 Å². The van der Waals surface area contributed by atoms with Crippen molar-refractivity contribution in [1.82, 2.24) is 5.32 Å². The Morgan fingerprint density at radius 3 is 2.07 bits per heavy atom. The Kier molecular flexibility index (Phi) is 10.9. The molecule has 1 N–H and O–H groups in total. The molecule has 0 aliphatic rings. The van der Waals surface area contributed by atoms with Crippen LogP contribution >= 0.6 is 0 Å². The fourth-order valence-electron chi connectivity index (χ4n) is 0.681. The van der Waals surface area contributed by atoms with Gasteiger partial charge >= 0.3 is 6.09 Å². The van der Waals surface area contributed by atoms with Crippen molar-refractivity contribution in [3.8, 4) is 0 Å². The van der Waals surface area contributed by atoms with Crippen LogP contribution < -0.4 is 5.32 Å². The van der Waals surface area contributed by atoms with Crippen molar-refractivity contribution in [2.75, 3.05) is 6.54 Å². The minimum absolute atomic E-state index is 0. The average Bonchev–Trinajstić information content (AvgIpc) is 2.02. The van der Waals surface area contributed by atoms with Crippen LogP contribution in [0.2, 0.25) is 0 Å². The van der Waals surface area contributed by atoms with Crippen LogP contribution in [-0.2, 0) is 4.74 Å². The lowest BCUT2D eigenvalue weighted by Gasteiger charge is -2.19. The van der Waals surface area contributed by atoms with E-state index in [1.165, 1.54) is 6.42 Å². The highest BCUT2D eigenvalue weighted by Crippen LogP contribution is 2.06. The molecule has 0 saturated heterocycles. The summed E-state index contributed by atoms with van der Waals surface area (Å²) in [5.41, 5.74) is -0.393. The number of hydrogen-bond donors (Lipinski definition) is 1. The zero-order valence-electron chi connectivity index (χ0n) is 11.1. The predicted molar refractivity (Wildman–Crippen MR) is 67.2 cm³/mol. The molecular weight excluding hydrogens is 190 g/mol. The molecule has 0 aromatic rings. The van der Waals surface area contributed by atoms with Crippen LogP contribution in [-0.4, -0.2) is 18.2 Å². The first-order chi connectivity index (χ1) is 6.87. The second-order valence-corrected chi connectivity index (χ2v) is 4.49. The summed E-state index contributed by atoms with van der Waals surface area (Å²) < 4.78 is 5.03. The van der Waals surface area contributed by atoms with Crippen molar-refractivity contribution in [3.05, 3.63) is 0 Å². The molecule has 0 aliphatic heterocycles. The quantitative estimate of drug-likeness (QED) is 0.729. The van der Waals surface area contributed by atoms with Crippen LogP contribution in [0.25, 0.3) is 0 Å². The maximum atomic E-state index is 11.0. The van der Waals surface area contributed by atoms with E-state index < -0.39 is 5.60 Å². The number of hydrogen-bond acceptors (Lipinski definition) is 2. The number of unbranched alkanes of at least 4 members (excludes halogenated alkanes) is 1. The lowest BCUT2D eigenvalue weighted by atomic mass is 10.2. The first-order valence-corrected chi connectivity index (χ1v) is 5.84. The SMILES string of the molecule is CCC.CCCCNC(=O)OC(C)(C)C.[HH]. The number of rotatable bonds is 3. The summed E-state index contributed by atoms with van der Waals surface area (Å²) in [7, 11) is 0.